The monoisotopic (exact) mass is 489 g/mol. The molecule has 2 heterocycles. The van der Waals surface area contributed by atoms with Crippen molar-refractivity contribution in [1.82, 2.24) is 4.90 Å². The first-order valence-electron chi connectivity index (χ1n) is 10.8. The minimum atomic E-state index is -3.71. The van der Waals surface area contributed by atoms with Crippen LogP contribution >= 0.6 is 11.8 Å². The molecule has 0 aromatic heterocycles. The standard InChI is InChI=1S/C23H27N3O5S2/c1-16(33(29,30)19-7-8-21-20(14-19)24-22(27)15-32-21)13-23(28)26-11-9-25(10-12-26)17-3-5-18(31-2)6-4-17/h3-8,14,16H,9-13,15H2,1-2H3,(H,24,27)/t16-/m1/s1. The van der Waals surface area contributed by atoms with Crippen LogP contribution in [0.15, 0.2) is 52.3 Å². The molecular weight excluding hydrogens is 462 g/mol. The van der Waals surface area contributed by atoms with Gasteiger partial charge in [0.05, 0.1) is 28.7 Å². The van der Waals surface area contributed by atoms with Gasteiger partial charge >= 0.3 is 0 Å². The smallest absolute Gasteiger partial charge is 0.234 e. The first-order valence-corrected chi connectivity index (χ1v) is 13.3. The van der Waals surface area contributed by atoms with E-state index in [9.17, 15) is 18.0 Å². The number of methoxy groups -OCH3 is 1. The molecule has 2 amide bonds. The summed E-state index contributed by atoms with van der Waals surface area (Å²) in [5.74, 6) is 0.791. The van der Waals surface area contributed by atoms with Crippen LogP contribution in [0.3, 0.4) is 0 Å². The van der Waals surface area contributed by atoms with Crippen molar-refractivity contribution < 1.29 is 22.7 Å². The van der Waals surface area contributed by atoms with E-state index < -0.39 is 15.1 Å². The van der Waals surface area contributed by atoms with Crippen LogP contribution in [0.2, 0.25) is 0 Å². The van der Waals surface area contributed by atoms with Crippen molar-refractivity contribution in [2.75, 3.05) is 49.3 Å². The van der Waals surface area contributed by atoms with Crippen molar-refractivity contribution in [1.29, 1.82) is 0 Å². The summed E-state index contributed by atoms with van der Waals surface area (Å²) in [6, 6.07) is 12.5. The average Bonchev–Trinajstić information content (AvgIpc) is 2.83. The second-order valence-corrected chi connectivity index (χ2v) is 11.5. The summed E-state index contributed by atoms with van der Waals surface area (Å²) in [7, 11) is -2.09. The molecule has 0 radical (unpaired) electrons. The molecule has 2 aliphatic rings. The van der Waals surface area contributed by atoms with Gasteiger partial charge in [0.15, 0.2) is 9.84 Å². The van der Waals surface area contributed by atoms with E-state index in [-0.39, 0.29) is 23.1 Å². The van der Waals surface area contributed by atoms with Gasteiger partial charge in [-0.1, -0.05) is 0 Å². The Labute approximate surface area is 198 Å². The number of nitrogens with zero attached hydrogens (tertiary/aromatic N) is 2. The van der Waals surface area contributed by atoms with Crippen LogP contribution in [0.1, 0.15) is 13.3 Å². The Bertz CT molecular complexity index is 1140. The zero-order chi connectivity index (χ0) is 23.6. The quantitative estimate of drug-likeness (QED) is 0.666. The van der Waals surface area contributed by atoms with Crippen molar-refractivity contribution in [2.45, 2.75) is 28.4 Å². The molecule has 10 heteroatoms. The zero-order valence-electron chi connectivity index (χ0n) is 18.6. The molecule has 2 aliphatic heterocycles. The molecule has 1 atom stereocenters. The van der Waals surface area contributed by atoms with Gasteiger partial charge in [0, 0.05) is 43.2 Å². The number of carbonyl (C=O) groups excluding carboxylic acids is 2. The Morgan fingerprint density at radius 2 is 1.82 bits per heavy atom. The highest BCUT2D eigenvalue weighted by molar-refractivity contribution is 8.00. The number of ether oxygens (including phenoxy) is 1. The van der Waals surface area contributed by atoms with E-state index in [4.69, 9.17) is 4.74 Å². The number of rotatable bonds is 6. The lowest BCUT2D eigenvalue weighted by atomic mass is 10.2. The van der Waals surface area contributed by atoms with Gasteiger partial charge in [-0.15, -0.1) is 11.8 Å². The molecule has 8 nitrogen and oxygen atoms in total. The van der Waals surface area contributed by atoms with Crippen LogP contribution in [-0.2, 0) is 19.4 Å². The van der Waals surface area contributed by atoms with Crippen LogP contribution in [0.25, 0.3) is 0 Å². The lowest BCUT2D eigenvalue weighted by Crippen LogP contribution is -2.49. The SMILES string of the molecule is COc1ccc(N2CCN(C(=O)C[C@@H](C)S(=O)(=O)c3ccc4c(c3)NC(=O)CS4)CC2)cc1. The molecule has 1 fully saturated rings. The van der Waals surface area contributed by atoms with Crippen molar-refractivity contribution in [2.24, 2.45) is 0 Å². The Balaban J connectivity index is 1.36. The van der Waals surface area contributed by atoms with Gasteiger partial charge in [0.25, 0.3) is 0 Å². The van der Waals surface area contributed by atoms with Gasteiger partial charge in [0.1, 0.15) is 5.75 Å². The minimum Gasteiger partial charge on any atom is -0.497 e. The molecule has 2 aromatic rings. The largest absolute Gasteiger partial charge is 0.497 e. The van der Waals surface area contributed by atoms with Crippen molar-refractivity contribution >= 4 is 44.8 Å². The van der Waals surface area contributed by atoms with E-state index in [0.29, 0.717) is 37.6 Å². The number of hydrogen-bond donors (Lipinski definition) is 1. The summed E-state index contributed by atoms with van der Waals surface area (Å²) in [6.07, 6.45) is -0.0803. The number of hydrogen-bond acceptors (Lipinski definition) is 7. The van der Waals surface area contributed by atoms with Crippen molar-refractivity contribution in [3.05, 3.63) is 42.5 Å². The number of benzene rings is 2. The van der Waals surface area contributed by atoms with Crippen molar-refractivity contribution in [3.8, 4) is 5.75 Å². The number of anilines is 2. The van der Waals surface area contributed by atoms with Gasteiger partial charge < -0.3 is 19.9 Å². The summed E-state index contributed by atoms with van der Waals surface area (Å²) in [5.41, 5.74) is 1.57. The number of fused-ring (bicyclic) bond motifs is 1. The average molecular weight is 490 g/mol. The molecule has 0 aliphatic carbocycles. The molecule has 33 heavy (non-hydrogen) atoms. The summed E-state index contributed by atoms with van der Waals surface area (Å²) in [6.45, 7) is 4.01. The molecule has 2 aromatic carbocycles. The van der Waals surface area contributed by atoms with E-state index in [1.807, 2.05) is 24.3 Å². The third-order valence-electron chi connectivity index (χ3n) is 5.97. The predicted octanol–water partition coefficient (Wildman–Crippen LogP) is 2.64. The molecule has 176 valence electrons. The molecule has 1 N–H and O–H groups in total. The fourth-order valence-electron chi connectivity index (χ4n) is 3.96. The first kappa shape index (κ1) is 23.4. The second kappa shape index (κ2) is 9.64. The maximum atomic E-state index is 13.1. The lowest BCUT2D eigenvalue weighted by Gasteiger charge is -2.36. The Hall–Kier alpha value is -2.72. The normalized spacial score (nSPS) is 17.2. The maximum absolute atomic E-state index is 13.1. The summed E-state index contributed by atoms with van der Waals surface area (Å²) in [5, 5.41) is 1.85. The first-order chi connectivity index (χ1) is 15.8. The predicted molar refractivity (Wildman–Crippen MR) is 129 cm³/mol. The number of nitrogens with one attached hydrogen (secondary N) is 1. The number of sulfone groups is 1. The molecular formula is C23H27N3O5S2. The van der Waals surface area contributed by atoms with E-state index in [1.165, 1.54) is 17.8 Å². The van der Waals surface area contributed by atoms with E-state index in [0.717, 1.165) is 16.3 Å². The van der Waals surface area contributed by atoms with Crippen LogP contribution < -0.4 is 15.0 Å². The van der Waals surface area contributed by atoms with E-state index >= 15 is 0 Å². The van der Waals surface area contributed by atoms with Crippen molar-refractivity contribution in [3.63, 3.8) is 0 Å². The fourth-order valence-corrected chi connectivity index (χ4v) is 6.12. The zero-order valence-corrected chi connectivity index (χ0v) is 20.2. The highest BCUT2D eigenvalue weighted by Gasteiger charge is 2.30. The number of carbonyl (C=O) groups is 2. The second-order valence-electron chi connectivity index (χ2n) is 8.12. The van der Waals surface area contributed by atoms with E-state index in [2.05, 4.69) is 10.2 Å². The summed E-state index contributed by atoms with van der Waals surface area (Å²) in [4.78, 5) is 29.4. The van der Waals surface area contributed by atoms with Gasteiger partial charge in [0.2, 0.25) is 11.8 Å². The fraction of sp³-hybridized carbons (Fsp3) is 0.391. The van der Waals surface area contributed by atoms with Gasteiger partial charge in [-0.25, -0.2) is 8.42 Å². The number of piperazine rings is 1. The Kier molecular flexibility index (Phi) is 6.85. The highest BCUT2D eigenvalue weighted by Crippen LogP contribution is 2.34. The summed E-state index contributed by atoms with van der Waals surface area (Å²) < 4.78 is 31.4. The third-order valence-corrected chi connectivity index (χ3v) is 9.18. The Morgan fingerprint density at radius 3 is 2.48 bits per heavy atom. The topological polar surface area (TPSA) is 96.0 Å². The van der Waals surface area contributed by atoms with Gasteiger partial charge in [-0.2, -0.15) is 0 Å². The van der Waals surface area contributed by atoms with Gasteiger partial charge in [-0.3, -0.25) is 9.59 Å². The van der Waals surface area contributed by atoms with Crippen LogP contribution in [0.4, 0.5) is 11.4 Å². The third kappa shape index (κ3) is 5.11. The molecule has 4 rings (SSSR count). The van der Waals surface area contributed by atoms with Gasteiger partial charge in [-0.05, 0) is 49.4 Å². The van der Waals surface area contributed by atoms with Crippen LogP contribution in [0, 0.1) is 0 Å². The maximum Gasteiger partial charge on any atom is 0.234 e. The number of thioether (sulfide) groups is 1. The minimum absolute atomic E-state index is 0.0803. The number of amides is 2. The van der Waals surface area contributed by atoms with E-state index in [1.54, 1.807) is 31.1 Å². The lowest BCUT2D eigenvalue weighted by molar-refractivity contribution is -0.131. The molecule has 0 unspecified atom stereocenters. The molecule has 0 saturated carbocycles. The highest BCUT2D eigenvalue weighted by atomic mass is 32.2. The Morgan fingerprint density at radius 1 is 1.12 bits per heavy atom. The van der Waals surface area contributed by atoms with Crippen LogP contribution in [-0.4, -0.2) is 69.4 Å². The molecule has 0 spiro atoms. The summed E-state index contributed by atoms with van der Waals surface area (Å²) >= 11 is 1.38. The molecule has 1 saturated heterocycles. The van der Waals surface area contributed by atoms with Crippen LogP contribution in [0.5, 0.6) is 5.75 Å². The molecule has 0 bridgehead atoms.